The average Bonchev–Trinajstić information content (AvgIpc) is 2.53. The van der Waals surface area contributed by atoms with Crippen LogP contribution >= 0.6 is 0 Å². The van der Waals surface area contributed by atoms with Gasteiger partial charge in [0.05, 0.1) is 29.7 Å². The lowest BCUT2D eigenvalue weighted by atomic mass is 10.1. The third-order valence-electron chi connectivity index (χ3n) is 2.65. The van der Waals surface area contributed by atoms with Crippen molar-refractivity contribution < 1.29 is 9.59 Å². The summed E-state index contributed by atoms with van der Waals surface area (Å²) in [7, 11) is 0. The monoisotopic (exact) mass is 214 g/mol. The molecule has 1 aromatic rings. The van der Waals surface area contributed by atoms with Crippen LogP contribution < -0.4 is 0 Å². The molecule has 0 fully saturated rings. The van der Waals surface area contributed by atoms with E-state index in [1.165, 1.54) is 0 Å². The Balaban J connectivity index is 2.39. The predicted octanol–water partition coefficient (Wildman–Crippen LogP) is 1.58. The zero-order valence-electron chi connectivity index (χ0n) is 8.80. The second kappa shape index (κ2) is 3.78. The molecule has 80 valence electrons. The summed E-state index contributed by atoms with van der Waals surface area (Å²) in [6, 6.07) is 8.31. The summed E-state index contributed by atoms with van der Waals surface area (Å²) in [5.41, 5.74) is 0.856. The molecular formula is C12H10N2O2. The molecule has 0 aliphatic carbocycles. The Hall–Kier alpha value is -2.15. The van der Waals surface area contributed by atoms with Gasteiger partial charge in [0.2, 0.25) is 0 Å². The molecular weight excluding hydrogens is 204 g/mol. The van der Waals surface area contributed by atoms with E-state index in [0.717, 1.165) is 4.90 Å². The van der Waals surface area contributed by atoms with Crippen molar-refractivity contribution in [2.45, 2.75) is 19.4 Å². The maximum absolute atomic E-state index is 11.9. The van der Waals surface area contributed by atoms with E-state index in [0.29, 0.717) is 11.1 Å². The van der Waals surface area contributed by atoms with Gasteiger partial charge in [0, 0.05) is 0 Å². The molecule has 0 N–H and O–H groups in total. The molecule has 1 heterocycles. The fourth-order valence-corrected chi connectivity index (χ4v) is 1.83. The van der Waals surface area contributed by atoms with Gasteiger partial charge in [-0.2, -0.15) is 5.26 Å². The van der Waals surface area contributed by atoms with Crippen LogP contribution in [-0.2, 0) is 0 Å². The smallest absolute Gasteiger partial charge is 0.261 e. The highest BCUT2D eigenvalue weighted by atomic mass is 16.2. The fourth-order valence-electron chi connectivity index (χ4n) is 1.83. The topological polar surface area (TPSA) is 61.2 Å². The van der Waals surface area contributed by atoms with E-state index >= 15 is 0 Å². The number of amides is 2. The first-order valence-electron chi connectivity index (χ1n) is 5.00. The SMILES string of the molecule is CC(CC#N)N1C(=O)c2ccccc2C1=O. The maximum Gasteiger partial charge on any atom is 0.261 e. The lowest BCUT2D eigenvalue weighted by Crippen LogP contribution is -2.37. The first-order chi connectivity index (χ1) is 7.66. The van der Waals surface area contributed by atoms with Gasteiger partial charge in [-0.15, -0.1) is 0 Å². The summed E-state index contributed by atoms with van der Waals surface area (Å²) in [4.78, 5) is 25.0. The molecule has 0 radical (unpaired) electrons. The number of carbonyl (C=O) groups excluding carboxylic acids is 2. The van der Waals surface area contributed by atoms with Gasteiger partial charge in [0.25, 0.3) is 11.8 Å². The van der Waals surface area contributed by atoms with Gasteiger partial charge in [0.1, 0.15) is 0 Å². The maximum atomic E-state index is 11.9. The number of imide groups is 1. The zero-order valence-corrected chi connectivity index (χ0v) is 8.80. The van der Waals surface area contributed by atoms with Crippen LogP contribution in [0.2, 0.25) is 0 Å². The number of nitrogens with zero attached hydrogens (tertiary/aromatic N) is 2. The fraction of sp³-hybridized carbons (Fsp3) is 0.250. The van der Waals surface area contributed by atoms with E-state index < -0.39 is 0 Å². The number of benzene rings is 1. The van der Waals surface area contributed by atoms with Crippen LogP contribution in [0.25, 0.3) is 0 Å². The molecule has 0 bridgehead atoms. The molecule has 1 aliphatic heterocycles. The molecule has 16 heavy (non-hydrogen) atoms. The van der Waals surface area contributed by atoms with Gasteiger partial charge in [-0.3, -0.25) is 14.5 Å². The second-order valence-corrected chi connectivity index (χ2v) is 3.74. The van der Waals surface area contributed by atoms with E-state index in [9.17, 15) is 9.59 Å². The summed E-state index contributed by atoms with van der Waals surface area (Å²) in [5.74, 6) is -0.605. The number of rotatable bonds is 2. The van der Waals surface area contributed by atoms with Crippen LogP contribution in [-0.4, -0.2) is 22.8 Å². The average molecular weight is 214 g/mol. The minimum atomic E-state index is -0.377. The molecule has 1 aromatic carbocycles. The zero-order chi connectivity index (χ0) is 11.7. The van der Waals surface area contributed by atoms with Gasteiger partial charge in [-0.05, 0) is 19.1 Å². The number of fused-ring (bicyclic) bond motifs is 1. The van der Waals surface area contributed by atoms with E-state index in [-0.39, 0.29) is 24.3 Å². The van der Waals surface area contributed by atoms with E-state index in [1.54, 1.807) is 31.2 Å². The number of hydrogen-bond donors (Lipinski definition) is 0. The van der Waals surface area contributed by atoms with Crippen molar-refractivity contribution in [1.82, 2.24) is 4.90 Å². The minimum Gasteiger partial charge on any atom is -0.270 e. The van der Waals surface area contributed by atoms with Crippen molar-refractivity contribution in [3.8, 4) is 6.07 Å². The molecule has 1 unspecified atom stereocenters. The van der Waals surface area contributed by atoms with Gasteiger partial charge in [-0.1, -0.05) is 12.1 Å². The van der Waals surface area contributed by atoms with Crippen molar-refractivity contribution in [1.29, 1.82) is 5.26 Å². The Morgan fingerprint density at radius 2 is 1.75 bits per heavy atom. The third kappa shape index (κ3) is 1.38. The highest BCUT2D eigenvalue weighted by molar-refractivity contribution is 6.21. The van der Waals surface area contributed by atoms with Gasteiger partial charge in [-0.25, -0.2) is 0 Å². The van der Waals surface area contributed by atoms with Crippen LogP contribution in [0.15, 0.2) is 24.3 Å². The summed E-state index contributed by atoms with van der Waals surface area (Å²) < 4.78 is 0. The first-order valence-corrected chi connectivity index (χ1v) is 5.00. The summed E-state index contributed by atoms with van der Waals surface area (Å²) in [5, 5.41) is 8.59. The molecule has 0 spiro atoms. The Labute approximate surface area is 93.1 Å². The standard InChI is InChI=1S/C12H10N2O2/c1-8(6-7-13)14-11(15)9-4-2-3-5-10(9)12(14)16/h2-5,8H,6H2,1H3. The molecule has 1 aliphatic rings. The molecule has 0 aromatic heterocycles. The van der Waals surface area contributed by atoms with Crippen molar-refractivity contribution in [3.05, 3.63) is 35.4 Å². The van der Waals surface area contributed by atoms with Crippen LogP contribution in [0, 0.1) is 11.3 Å². The van der Waals surface area contributed by atoms with Gasteiger partial charge in [0.15, 0.2) is 0 Å². The molecule has 2 rings (SSSR count). The van der Waals surface area contributed by atoms with E-state index in [2.05, 4.69) is 0 Å². The molecule has 4 heteroatoms. The Morgan fingerprint density at radius 3 is 2.19 bits per heavy atom. The molecule has 1 atom stereocenters. The lowest BCUT2D eigenvalue weighted by molar-refractivity contribution is 0.0599. The summed E-state index contributed by atoms with van der Waals surface area (Å²) >= 11 is 0. The first kappa shape index (κ1) is 10.4. The molecule has 4 nitrogen and oxygen atoms in total. The van der Waals surface area contributed by atoms with E-state index in [4.69, 9.17) is 5.26 Å². The minimum absolute atomic E-state index is 0.158. The van der Waals surface area contributed by atoms with Gasteiger partial charge < -0.3 is 0 Å². The predicted molar refractivity (Wildman–Crippen MR) is 56.6 cm³/mol. The number of hydrogen-bond acceptors (Lipinski definition) is 3. The largest absolute Gasteiger partial charge is 0.270 e. The number of carbonyl (C=O) groups is 2. The van der Waals surface area contributed by atoms with Crippen LogP contribution in [0.4, 0.5) is 0 Å². The third-order valence-corrected chi connectivity index (χ3v) is 2.65. The van der Waals surface area contributed by atoms with Crippen molar-refractivity contribution >= 4 is 11.8 Å². The summed E-state index contributed by atoms with van der Waals surface area (Å²) in [6.07, 6.45) is 0.158. The summed E-state index contributed by atoms with van der Waals surface area (Å²) in [6.45, 7) is 1.70. The Bertz CT molecular complexity index is 467. The quantitative estimate of drug-likeness (QED) is 0.702. The lowest BCUT2D eigenvalue weighted by Gasteiger charge is -2.19. The number of nitriles is 1. The highest BCUT2D eigenvalue weighted by Crippen LogP contribution is 2.24. The Morgan fingerprint density at radius 1 is 1.25 bits per heavy atom. The normalized spacial score (nSPS) is 15.9. The van der Waals surface area contributed by atoms with Crippen molar-refractivity contribution in [2.24, 2.45) is 0 Å². The van der Waals surface area contributed by atoms with Crippen molar-refractivity contribution in [3.63, 3.8) is 0 Å². The second-order valence-electron chi connectivity index (χ2n) is 3.74. The van der Waals surface area contributed by atoms with Crippen LogP contribution in [0.1, 0.15) is 34.1 Å². The van der Waals surface area contributed by atoms with Crippen LogP contribution in [0.3, 0.4) is 0 Å². The van der Waals surface area contributed by atoms with Crippen LogP contribution in [0.5, 0.6) is 0 Å². The Kier molecular flexibility index (Phi) is 2.45. The van der Waals surface area contributed by atoms with E-state index in [1.807, 2.05) is 6.07 Å². The van der Waals surface area contributed by atoms with Gasteiger partial charge >= 0.3 is 0 Å². The highest BCUT2D eigenvalue weighted by Gasteiger charge is 2.37. The molecule has 0 saturated carbocycles. The molecule has 2 amide bonds. The molecule has 0 saturated heterocycles. The van der Waals surface area contributed by atoms with Crippen molar-refractivity contribution in [2.75, 3.05) is 0 Å².